The molecule has 19 heavy (non-hydrogen) atoms. The zero-order valence-electron chi connectivity index (χ0n) is 12.0. The van der Waals surface area contributed by atoms with E-state index < -0.39 is 5.41 Å². The second-order valence-corrected chi connectivity index (χ2v) is 7.22. The molecule has 0 N–H and O–H groups in total. The molecule has 1 saturated carbocycles. The molecule has 102 valence electrons. The largest absolute Gasteiger partial charge is 0.457 e. The van der Waals surface area contributed by atoms with Gasteiger partial charge in [-0.25, -0.2) is 0 Å². The predicted molar refractivity (Wildman–Crippen MR) is 74.7 cm³/mol. The van der Waals surface area contributed by atoms with E-state index in [0.29, 0.717) is 5.41 Å². The van der Waals surface area contributed by atoms with Crippen molar-refractivity contribution in [3.8, 4) is 0 Å². The molecular formula is C17H22O2. The molecule has 1 aromatic rings. The Bertz CT molecular complexity index is 506. The normalized spacial score (nSPS) is 23.8. The van der Waals surface area contributed by atoms with Gasteiger partial charge in [0.2, 0.25) is 0 Å². The molecule has 1 spiro atoms. The summed E-state index contributed by atoms with van der Waals surface area (Å²) >= 11 is 0. The van der Waals surface area contributed by atoms with Gasteiger partial charge in [0.05, 0.1) is 5.41 Å². The fourth-order valence-electron chi connectivity index (χ4n) is 2.96. The molecule has 0 heterocycles. The molecule has 2 heteroatoms. The summed E-state index contributed by atoms with van der Waals surface area (Å²) in [4.78, 5) is 12.2. The molecule has 2 aliphatic rings. The topological polar surface area (TPSA) is 26.3 Å². The molecule has 1 aromatic carbocycles. The Morgan fingerprint density at radius 2 is 1.95 bits per heavy atom. The van der Waals surface area contributed by atoms with Crippen LogP contribution in [0.2, 0.25) is 0 Å². The molecule has 0 aliphatic heterocycles. The van der Waals surface area contributed by atoms with Gasteiger partial charge in [0.25, 0.3) is 0 Å². The van der Waals surface area contributed by atoms with Crippen LogP contribution in [0.15, 0.2) is 24.3 Å². The lowest BCUT2D eigenvalue weighted by molar-refractivity contribution is -0.160. The van der Waals surface area contributed by atoms with Crippen molar-refractivity contribution in [3.05, 3.63) is 35.4 Å². The Morgan fingerprint density at radius 3 is 2.58 bits per heavy atom. The lowest BCUT2D eigenvalue weighted by Crippen LogP contribution is -2.29. The fourth-order valence-corrected chi connectivity index (χ4v) is 2.96. The van der Waals surface area contributed by atoms with Gasteiger partial charge >= 0.3 is 5.97 Å². The molecule has 3 rings (SSSR count). The minimum atomic E-state index is -0.427. The second kappa shape index (κ2) is 4.09. The first-order valence-electron chi connectivity index (χ1n) is 7.19. The van der Waals surface area contributed by atoms with Crippen molar-refractivity contribution in [2.75, 3.05) is 0 Å². The molecule has 1 fully saturated rings. The van der Waals surface area contributed by atoms with Crippen molar-refractivity contribution >= 4 is 5.97 Å². The first-order valence-corrected chi connectivity index (χ1v) is 7.19. The quantitative estimate of drug-likeness (QED) is 0.710. The van der Waals surface area contributed by atoms with Gasteiger partial charge in [0, 0.05) is 0 Å². The summed E-state index contributed by atoms with van der Waals surface area (Å²) in [6, 6.07) is 8.43. The average molecular weight is 258 g/mol. The van der Waals surface area contributed by atoms with Crippen LogP contribution in [0.3, 0.4) is 0 Å². The lowest BCUT2D eigenvalue weighted by Gasteiger charge is -2.33. The van der Waals surface area contributed by atoms with E-state index in [2.05, 4.69) is 18.2 Å². The molecule has 0 saturated heterocycles. The van der Waals surface area contributed by atoms with E-state index in [4.69, 9.17) is 4.74 Å². The number of rotatable bonds is 1. The Hall–Kier alpha value is -1.31. The van der Waals surface area contributed by atoms with Crippen molar-refractivity contribution in [3.63, 3.8) is 0 Å². The highest BCUT2D eigenvalue weighted by molar-refractivity contribution is 5.75. The van der Waals surface area contributed by atoms with Gasteiger partial charge in [-0.1, -0.05) is 24.3 Å². The van der Waals surface area contributed by atoms with Gasteiger partial charge in [-0.15, -0.1) is 0 Å². The summed E-state index contributed by atoms with van der Waals surface area (Å²) in [6.07, 6.45) is 4.69. The summed E-state index contributed by atoms with van der Waals surface area (Å²) < 4.78 is 5.82. The number of benzene rings is 1. The molecule has 0 radical (unpaired) electrons. The Labute approximate surface area is 115 Å². The van der Waals surface area contributed by atoms with Gasteiger partial charge in [-0.3, -0.25) is 4.79 Å². The van der Waals surface area contributed by atoms with Crippen LogP contribution in [0.4, 0.5) is 0 Å². The minimum absolute atomic E-state index is 0.0424. The zero-order chi connectivity index (χ0) is 13.7. The van der Waals surface area contributed by atoms with Gasteiger partial charge in [0.1, 0.15) is 6.10 Å². The van der Waals surface area contributed by atoms with E-state index in [1.54, 1.807) is 0 Å². The Morgan fingerprint density at radius 1 is 1.26 bits per heavy atom. The predicted octanol–water partition coefficient (Wildman–Crippen LogP) is 4.04. The highest BCUT2D eigenvalue weighted by Crippen LogP contribution is 2.58. The third-order valence-electron chi connectivity index (χ3n) is 4.40. The maximum absolute atomic E-state index is 12.2. The third-order valence-corrected chi connectivity index (χ3v) is 4.40. The summed E-state index contributed by atoms with van der Waals surface area (Å²) in [5.41, 5.74) is 2.59. The van der Waals surface area contributed by atoms with Crippen molar-refractivity contribution in [1.29, 1.82) is 0 Å². The summed E-state index contributed by atoms with van der Waals surface area (Å²) in [5, 5.41) is 0. The van der Waals surface area contributed by atoms with Gasteiger partial charge in [-0.05, 0) is 63.0 Å². The number of carbonyl (C=O) groups is 1. The summed E-state index contributed by atoms with van der Waals surface area (Å²) in [7, 11) is 0. The van der Waals surface area contributed by atoms with Crippen LogP contribution in [-0.2, 0) is 16.0 Å². The van der Waals surface area contributed by atoms with Gasteiger partial charge in [0.15, 0.2) is 0 Å². The first-order chi connectivity index (χ1) is 8.90. The van der Waals surface area contributed by atoms with Crippen LogP contribution in [0.25, 0.3) is 0 Å². The third kappa shape index (κ3) is 2.41. The van der Waals surface area contributed by atoms with Gasteiger partial charge < -0.3 is 4.74 Å². The maximum atomic E-state index is 12.2. The van der Waals surface area contributed by atoms with Crippen LogP contribution in [0.5, 0.6) is 0 Å². The molecule has 0 amide bonds. The molecule has 2 aliphatic carbocycles. The highest BCUT2D eigenvalue weighted by Gasteiger charge is 2.49. The molecule has 1 atom stereocenters. The maximum Gasteiger partial charge on any atom is 0.311 e. The van der Waals surface area contributed by atoms with Crippen LogP contribution in [0.1, 0.15) is 57.3 Å². The zero-order valence-corrected chi connectivity index (χ0v) is 12.0. The number of fused-ring (bicyclic) bond motifs is 1. The second-order valence-electron chi connectivity index (χ2n) is 7.22. The number of hydrogen-bond donors (Lipinski definition) is 0. The first kappa shape index (κ1) is 12.7. The highest BCUT2D eigenvalue weighted by atomic mass is 16.5. The van der Waals surface area contributed by atoms with Crippen LogP contribution in [0, 0.1) is 10.8 Å². The number of ether oxygens (including phenoxy) is 1. The van der Waals surface area contributed by atoms with E-state index in [9.17, 15) is 4.79 Å². The van der Waals surface area contributed by atoms with Crippen molar-refractivity contribution in [2.45, 2.75) is 52.6 Å². The Balaban J connectivity index is 1.87. The van der Waals surface area contributed by atoms with Crippen molar-refractivity contribution in [1.82, 2.24) is 0 Å². The van der Waals surface area contributed by atoms with Crippen LogP contribution in [-0.4, -0.2) is 5.97 Å². The van der Waals surface area contributed by atoms with E-state index in [1.165, 1.54) is 24.0 Å². The minimum Gasteiger partial charge on any atom is -0.457 e. The molecule has 2 nitrogen and oxygen atoms in total. The van der Waals surface area contributed by atoms with Crippen molar-refractivity contribution < 1.29 is 9.53 Å². The van der Waals surface area contributed by atoms with Crippen LogP contribution < -0.4 is 0 Å². The van der Waals surface area contributed by atoms with E-state index in [1.807, 2.05) is 26.8 Å². The average Bonchev–Trinajstić information content (AvgIpc) is 3.07. The molecule has 0 aromatic heterocycles. The monoisotopic (exact) mass is 258 g/mol. The molecule has 1 unspecified atom stereocenters. The Kier molecular flexibility index (Phi) is 2.74. The molecule has 0 bridgehead atoms. The summed E-state index contributed by atoms with van der Waals surface area (Å²) in [5.74, 6) is -0.0926. The smallest absolute Gasteiger partial charge is 0.311 e. The van der Waals surface area contributed by atoms with Crippen molar-refractivity contribution in [2.24, 2.45) is 10.8 Å². The lowest BCUT2D eigenvalue weighted by atomic mass is 9.79. The molecular weight excluding hydrogens is 236 g/mol. The SMILES string of the molecule is CC(C)(C)C(=O)OC1CC2(CC2)Cc2ccccc21. The van der Waals surface area contributed by atoms with E-state index >= 15 is 0 Å². The standard InChI is InChI=1S/C17H22O2/c1-16(2,3)15(18)19-14-11-17(8-9-17)10-12-6-4-5-7-13(12)14/h4-7,14H,8-11H2,1-3H3. The van der Waals surface area contributed by atoms with Crippen LogP contribution >= 0.6 is 0 Å². The number of hydrogen-bond acceptors (Lipinski definition) is 2. The van der Waals surface area contributed by atoms with E-state index in [0.717, 1.165) is 12.8 Å². The number of carbonyl (C=O) groups excluding carboxylic acids is 1. The fraction of sp³-hybridized carbons (Fsp3) is 0.588. The van der Waals surface area contributed by atoms with E-state index in [-0.39, 0.29) is 12.1 Å². The number of esters is 1. The summed E-state index contributed by atoms with van der Waals surface area (Å²) in [6.45, 7) is 5.74. The van der Waals surface area contributed by atoms with Gasteiger partial charge in [-0.2, -0.15) is 0 Å².